The fourth-order valence-electron chi connectivity index (χ4n) is 4.44. The summed E-state index contributed by atoms with van der Waals surface area (Å²) in [5, 5.41) is 0.606. The summed E-state index contributed by atoms with van der Waals surface area (Å²) in [6.45, 7) is 2.84. The normalized spacial score (nSPS) is 21.6. The zero-order chi connectivity index (χ0) is 19.8. The Balaban J connectivity index is 1.17. The quantitative estimate of drug-likeness (QED) is 0.699. The molecular weight excluding hydrogens is 386 g/mol. The number of carbonyl (C=O) groups is 1. The summed E-state index contributed by atoms with van der Waals surface area (Å²) in [5.41, 5.74) is 7.53. The molecular formula is C21H23N5O2S. The highest BCUT2D eigenvalue weighted by atomic mass is 32.1. The molecule has 2 N–H and O–H groups in total. The molecule has 8 heteroatoms. The lowest BCUT2D eigenvalue weighted by Crippen LogP contribution is -2.57. The van der Waals surface area contributed by atoms with E-state index in [1.807, 2.05) is 29.2 Å². The summed E-state index contributed by atoms with van der Waals surface area (Å²) in [5.74, 6) is 0.779. The SMILES string of the molecule is NC(=O)N1C2CCC1CN(CCc1ccc(Oc3nc4ncccc4s3)cc1)C2. The van der Waals surface area contributed by atoms with Crippen LogP contribution in [0.4, 0.5) is 4.79 Å². The molecule has 0 spiro atoms. The number of fused-ring (bicyclic) bond motifs is 3. The summed E-state index contributed by atoms with van der Waals surface area (Å²) in [6, 6.07) is 12.4. The number of benzene rings is 1. The zero-order valence-electron chi connectivity index (χ0n) is 16.0. The number of hydrogen-bond donors (Lipinski definition) is 1. The lowest BCUT2D eigenvalue weighted by molar-refractivity contribution is 0.0933. The van der Waals surface area contributed by atoms with Gasteiger partial charge in [-0.15, -0.1) is 0 Å². The number of carbonyl (C=O) groups excluding carboxylic acids is 1. The van der Waals surface area contributed by atoms with Crippen LogP contribution < -0.4 is 10.5 Å². The van der Waals surface area contributed by atoms with Gasteiger partial charge in [-0.25, -0.2) is 9.78 Å². The number of primary amides is 1. The minimum atomic E-state index is -0.267. The van der Waals surface area contributed by atoms with Crippen molar-refractivity contribution in [3.05, 3.63) is 48.2 Å². The molecule has 2 aromatic heterocycles. The predicted octanol–water partition coefficient (Wildman–Crippen LogP) is 3.25. The first-order valence-corrected chi connectivity index (χ1v) is 10.8. The predicted molar refractivity (Wildman–Crippen MR) is 112 cm³/mol. The maximum absolute atomic E-state index is 11.6. The Labute approximate surface area is 173 Å². The molecule has 2 saturated heterocycles. The molecule has 2 aliphatic rings. The van der Waals surface area contributed by atoms with E-state index in [-0.39, 0.29) is 18.1 Å². The van der Waals surface area contributed by atoms with Crippen LogP contribution in [0.15, 0.2) is 42.6 Å². The molecule has 4 heterocycles. The number of likely N-dealkylation sites (tertiary alicyclic amines) is 1. The van der Waals surface area contributed by atoms with Gasteiger partial charge in [0.1, 0.15) is 5.75 Å². The summed E-state index contributed by atoms with van der Waals surface area (Å²) >= 11 is 1.49. The van der Waals surface area contributed by atoms with Crippen LogP contribution in [0.5, 0.6) is 10.9 Å². The van der Waals surface area contributed by atoms with Crippen molar-refractivity contribution < 1.29 is 9.53 Å². The number of ether oxygens (including phenoxy) is 1. The topological polar surface area (TPSA) is 84.6 Å². The van der Waals surface area contributed by atoms with Crippen molar-refractivity contribution >= 4 is 27.7 Å². The molecule has 7 nitrogen and oxygen atoms in total. The Morgan fingerprint density at radius 2 is 1.93 bits per heavy atom. The number of nitrogens with zero attached hydrogens (tertiary/aromatic N) is 4. The number of aromatic nitrogens is 2. The largest absolute Gasteiger partial charge is 0.431 e. The third kappa shape index (κ3) is 3.77. The second-order valence-electron chi connectivity index (χ2n) is 7.69. The second-order valence-corrected chi connectivity index (χ2v) is 8.68. The molecule has 2 bridgehead atoms. The van der Waals surface area contributed by atoms with Gasteiger partial charge in [-0.05, 0) is 49.1 Å². The highest BCUT2D eigenvalue weighted by Crippen LogP contribution is 2.31. The van der Waals surface area contributed by atoms with Gasteiger partial charge < -0.3 is 15.4 Å². The first-order chi connectivity index (χ1) is 14.2. The molecule has 0 aliphatic carbocycles. The summed E-state index contributed by atoms with van der Waals surface area (Å²) in [4.78, 5) is 24.6. The van der Waals surface area contributed by atoms with Gasteiger partial charge in [0, 0.05) is 37.9 Å². The van der Waals surface area contributed by atoms with E-state index in [2.05, 4.69) is 27.0 Å². The molecule has 2 amide bonds. The van der Waals surface area contributed by atoms with Crippen LogP contribution >= 0.6 is 11.3 Å². The van der Waals surface area contributed by atoms with Crippen LogP contribution in [0.3, 0.4) is 0 Å². The Kier molecular flexibility index (Phi) is 4.81. The Bertz CT molecular complexity index is 974. The van der Waals surface area contributed by atoms with E-state index in [0.29, 0.717) is 5.19 Å². The zero-order valence-corrected chi connectivity index (χ0v) is 16.8. The summed E-state index contributed by atoms with van der Waals surface area (Å²) in [7, 11) is 0. The van der Waals surface area contributed by atoms with Crippen molar-refractivity contribution in [1.29, 1.82) is 0 Å². The van der Waals surface area contributed by atoms with Crippen molar-refractivity contribution in [3.63, 3.8) is 0 Å². The third-order valence-corrected chi connectivity index (χ3v) is 6.69. The van der Waals surface area contributed by atoms with Gasteiger partial charge in [0.15, 0.2) is 5.65 Å². The molecule has 29 heavy (non-hydrogen) atoms. The van der Waals surface area contributed by atoms with Crippen molar-refractivity contribution in [2.75, 3.05) is 19.6 Å². The molecule has 2 aliphatic heterocycles. The van der Waals surface area contributed by atoms with E-state index >= 15 is 0 Å². The molecule has 1 aromatic carbocycles. The van der Waals surface area contributed by atoms with Crippen molar-refractivity contribution in [1.82, 2.24) is 19.8 Å². The number of pyridine rings is 1. The lowest BCUT2D eigenvalue weighted by atomic mass is 10.1. The highest BCUT2D eigenvalue weighted by molar-refractivity contribution is 7.20. The number of thiazole rings is 1. The first kappa shape index (κ1) is 18.3. The number of urea groups is 1. The lowest BCUT2D eigenvalue weighted by Gasteiger charge is -2.40. The van der Waals surface area contributed by atoms with Gasteiger partial charge >= 0.3 is 6.03 Å². The van der Waals surface area contributed by atoms with E-state index in [4.69, 9.17) is 10.5 Å². The summed E-state index contributed by atoms with van der Waals surface area (Å²) in [6.07, 6.45) is 4.84. The van der Waals surface area contributed by atoms with Crippen LogP contribution in [0.25, 0.3) is 10.3 Å². The minimum absolute atomic E-state index is 0.267. The molecule has 150 valence electrons. The molecule has 2 unspecified atom stereocenters. The average molecular weight is 410 g/mol. The first-order valence-electron chi connectivity index (χ1n) is 9.94. The highest BCUT2D eigenvalue weighted by Gasteiger charge is 2.41. The molecule has 0 saturated carbocycles. The van der Waals surface area contributed by atoms with E-state index in [0.717, 1.165) is 55.0 Å². The number of amides is 2. The second kappa shape index (κ2) is 7.61. The van der Waals surface area contributed by atoms with Crippen LogP contribution in [-0.4, -0.2) is 57.5 Å². The molecule has 2 atom stereocenters. The smallest absolute Gasteiger partial charge is 0.315 e. The van der Waals surface area contributed by atoms with E-state index in [1.54, 1.807) is 6.20 Å². The van der Waals surface area contributed by atoms with Crippen molar-refractivity contribution in [2.24, 2.45) is 5.73 Å². The standard InChI is InChI=1S/C21H23N5O2S/c22-20(27)26-15-5-6-16(26)13-25(12-15)11-9-14-3-7-17(8-4-14)28-21-24-19-18(29-21)2-1-10-23-19/h1-4,7-8,10,15-16H,5-6,9,11-13H2,(H2,22,27). The van der Waals surface area contributed by atoms with Crippen LogP contribution in [0.1, 0.15) is 18.4 Å². The van der Waals surface area contributed by atoms with Gasteiger partial charge in [0.05, 0.1) is 4.70 Å². The van der Waals surface area contributed by atoms with Gasteiger partial charge in [-0.3, -0.25) is 4.90 Å². The number of nitrogens with two attached hydrogens (primary N) is 1. The number of rotatable bonds is 5. The third-order valence-electron chi connectivity index (χ3n) is 5.80. The fraction of sp³-hybridized carbons (Fsp3) is 0.381. The number of hydrogen-bond acceptors (Lipinski definition) is 6. The maximum Gasteiger partial charge on any atom is 0.315 e. The molecule has 2 fully saturated rings. The van der Waals surface area contributed by atoms with E-state index < -0.39 is 0 Å². The van der Waals surface area contributed by atoms with Crippen LogP contribution in [0, 0.1) is 0 Å². The van der Waals surface area contributed by atoms with Crippen molar-refractivity contribution in [2.45, 2.75) is 31.3 Å². The van der Waals surface area contributed by atoms with Gasteiger partial charge in [0.2, 0.25) is 0 Å². The maximum atomic E-state index is 11.6. The molecule has 0 radical (unpaired) electrons. The molecule has 5 rings (SSSR count). The van der Waals surface area contributed by atoms with Crippen LogP contribution in [0.2, 0.25) is 0 Å². The minimum Gasteiger partial charge on any atom is -0.431 e. The van der Waals surface area contributed by atoms with E-state index in [1.165, 1.54) is 16.9 Å². The van der Waals surface area contributed by atoms with Crippen LogP contribution in [-0.2, 0) is 6.42 Å². The summed E-state index contributed by atoms with van der Waals surface area (Å²) < 4.78 is 6.91. The monoisotopic (exact) mass is 409 g/mol. The van der Waals surface area contributed by atoms with Crippen molar-refractivity contribution in [3.8, 4) is 10.9 Å². The van der Waals surface area contributed by atoms with Gasteiger partial charge in [-0.1, -0.05) is 23.5 Å². The Hall–Kier alpha value is -2.71. The fourth-order valence-corrected chi connectivity index (χ4v) is 5.23. The number of piperazine rings is 1. The van der Waals surface area contributed by atoms with Gasteiger partial charge in [0.25, 0.3) is 5.19 Å². The van der Waals surface area contributed by atoms with E-state index in [9.17, 15) is 4.79 Å². The molecule has 3 aromatic rings. The average Bonchev–Trinajstić information content (AvgIpc) is 3.25. The Morgan fingerprint density at radius 1 is 1.17 bits per heavy atom. The van der Waals surface area contributed by atoms with Gasteiger partial charge in [-0.2, -0.15) is 4.98 Å². The Morgan fingerprint density at radius 3 is 2.62 bits per heavy atom.